The van der Waals surface area contributed by atoms with Crippen LogP contribution in [0.25, 0.3) is 0 Å². The van der Waals surface area contributed by atoms with E-state index in [1.165, 1.54) is 11.3 Å². The van der Waals surface area contributed by atoms with Crippen LogP contribution in [0, 0.1) is 0 Å². The summed E-state index contributed by atoms with van der Waals surface area (Å²) in [6.45, 7) is 4.18. The molecule has 16 heavy (non-hydrogen) atoms. The van der Waals surface area contributed by atoms with E-state index < -0.39 is 0 Å². The van der Waals surface area contributed by atoms with E-state index in [0.29, 0.717) is 23.4 Å². The van der Waals surface area contributed by atoms with Crippen LogP contribution in [0.4, 0.5) is 5.13 Å². The van der Waals surface area contributed by atoms with Crippen LogP contribution in [0.5, 0.6) is 0 Å². The van der Waals surface area contributed by atoms with Crippen molar-refractivity contribution in [1.29, 1.82) is 0 Å². The molecule has 86 valence electrons. The molecule has 0 aliphatic carbocycles. The van der Waals surface area contributed by atoms with E-state index in [2.05, 4.69) is 29.0 Å². The monoisotopic (exact) mass is 238 g/mol. The molecule has 2 aromatic heterocycles. The number of anilines is 1. The van der Waals surface area contributed by atoms with Gasteiger partial charge in [-0.15, -0.1) is 11.3 Å². The molecule has 2 heterocycles. The van der Waals surface area contributed by atoms with Crippen LogP contribution in [-0.2, 0) is 6.42 Å². The number of rotatable bonds is 4. The van der Waals surface area contributed by atoms with Crippen molar-refractivity contribution < 1.29 is 4.52 Å². The van der Waals surface area contributed by atoms with Gasteiger partial charge in [0.15, 0.2) is 11.0 Å². The Balaban J connectivity index is 2.08. The van der Waals surface area contributed by atoms with Crippen molar-refractivity contribution in [3.05, 3.63) is 22.8 Å². The Kier molecular flexibility index (Phi) is 3.19. The number of hydrogen-bond donors (Lipinski definition) is 1. The van der Waals surface area contributed by atoms with Crippen molar-refractivity contribution in [3.63, 3.8) is 0 Å². The van der Waals surface area contributed by atoms with Crippen molar-refractivity contribution in [1.82, 2.24) is 15.1 Å². The lowest BCUT2D eigenvalue weighted by molar-refractivity contribution is 0.375. The first kappa shape index (κ1) is 11.1. The highest BCUT2D eigenvalue weighted by atomic mass is 32.1. The van der Waals surface area contributed by atoms with E-state index in [9.17, 15) is 0 Å². The Labute approximate surface area is 97.7 Å². The minimum absolute atomic E-state index is 0.331. The summed E-state index contributed by atoms with van der Waals surface area (Å²) < 4.78 is 5.16. The maximum Gasteiger partial charge on any atom is 0.232 e. The molecular weight excluding hydrogens is 224 g/mol. The summed E-state index contributed by atoms with van der Waals surface area (Å²) >= 11 is 1.42. The third-order valence-electron chi connectivity index (χ3n) is 2.44. The van der Waals surface area contributed by atoms with E-state index in [0.717, 1.165) is 17.9 Å². The van der Waals surface area contributed by atoms with Gasteiger partial charge in [-0.2, -0.15) is 4.98 Å². The van der Waals surface area contributed by atoms with Gasteiger partial charge in [-0.25, -0.2) is 4.98 Å². The molecule has 0 saturated carbocycles. The minimum Gasteiger partial charge on any atom is -0.375 e. The van der Waals surface area contributed by atoms with Crippen molar-refractivity contribution in [2.45, 2.75) is 32.6 Å². The zero-order valence-electron chi connectivity index (χ0n) is 9.30. The lowest BCUT2D eigenvalue weighted by Crippen LogP contribution is -1.95. The van der Waals surface area contributed by atoms with Crippen molar-refractivity contribution in [3.8, 4) is 0 Å². The highest BCUT2D eigenvalue weighted by molar-refractivity contribution is 7.13. The van der Waals surface area contributed by atoms with E-state index in [-0.39, 0.29) is 0 Å². The normalized spacial score (nSPS) is 12.9. The molecule has 2 N–H and O–H groups in total. The molecule has 0 saturated heterocycles. The smallest absolute Gasteiger partial charge is 0.232 e. The molecular formula is C10H14N4OS. The second kappa shape index (κ2) is 4.61. The molecule has 0 spiro atoms. The number of thiazole rings is 1. The summed E-state index contributed by atoms with van der Waals surface area (Å²) in [5.41, 5.74) is 6.42. The number of hydrogen-bond acceptors (Lipinski definition) is 6. The van der Waals surface area contributed by atoms with Gasteiger partial charge >= 0.3 is 0 Å². The highest BCUT2D eigenvalue weighted by Gasteiger charge is 2.13. The molecule has 0 amide bonds. The second-order valence-corrected chi connectivity index (χ2v) is 4.60. The molecule has 0 aliphatic rings. The quantitative estimate of drug-likeness (QED) is 0.883. The first-order valence-corrected chi connectivity index (χ1v) is 6.09. The fourth-order valence-electron chi connectivity index (χ4n) is 1.28. The summed E-state index contributed by atoms with van der Waals surface area (Å²) in [6, 6.07) is 0. The fourth-order valence-corrected chi connectivity index (χ4v) is 1.84. The van der Waals surface area contributed by atoms with Crippen LogP contribution in [0.2, 0.25) is 0 Å². The predicted molar refractivity (Wildman–Crippen MR) is 62.3 cm³/mol. The Hall–Kier alpha value is -1.43. The molecule has 0 aliphatic heterocycles. The van der Waals surface area contributed by atoms with Crippen molar-refractivity contribution in [2.75, 3.05) is 5.73 Å². The Morgan fingerprint density at radius 2 is 2.31 bits per heavy atom. The number of aromatic nitrogens is 3. The molecule has 0 radical (unpaired) electrons. The van der Waals surface area contributed by atoms with Gasteiger partial charge in [0.25, 0.3) is 0 Å². The van der Waals surface area contributed by atoms with Crippen LogP contribution in [0.1, 0.15) is 43.6 Å². The number of nitrogens with two attached hydrogens (primary N) is 1. The maximum absolute atomic E-state index is 5.55. The first-order chi connectivity index (χ1) is 7.69. The minimum atomic E-state index is 0.331. The third-order valence-corrected chi connectivity index (χ3v) is 3.16. The fraction of sp³-hybridized carbons (Fsp3) is 0.500. The summed E-state index contributed by atoms with van der Waals surface area (Å²) in [5.74, 6) is 1.69. The third kappa shape index (κ3) is 2.38. The molecule has 5 nitrogen and oxygen atoms in total. The van der Waals surface area contributed by atoms with Crippen LogP contribution in [-0.4, -0.2) is 15.1 Å². The van der Waals surface area contributed by atoms with E-state index in [1.54, 1.807) is 0 Å². The van der Waals surface area contributed by atoms with Gasteiger partial charge in [0.1, 0.15) is 0 Å². The van der Waals surface area contributed by atoms with Gasteiger partial charge in [-0.05, 0) is 6.42 Å². The number of nitrogen functional groups attached to an aromatic ring is 1. The molecule has 2 rings (SSSR count). The van der Waals surface area contributed by atoms with Crippen LogP contribution in [0.3, 0.4) is 0 Å². The van der Waals surface area contributed by atoms with Gasteiger partial charge in [0.2, 0.25) is 5.89 Å². The maximum atomic E-state index is 5.55. The van der Waals surface area contributed by atoms with Crippen LogP contribution >= 0.6 is 11.3 Å². The molecule has 2 aromatic rings. The Bertz CT molecular complexity index is 465. The molecule has 1 unspecified atom stereocenters. The summed E-state index contributed by atoms with van der Waals surface area (Å²) in [5, 5.41) is 6.42. The van der Waals surface area contributed by atoms with Crippen LogP contribution in [0.15, 0.2) is 9.90 Å². The van der Waals surface area contributed by atoms with E-state index >= 15 is 0 Å². The Morgan fingerprint density at radius 3 is 2.94 bits per heavy atom. The summed E-state index contributed by atoms with van der Waals surface area (Å²) in [4.78, 5) is 8.48. The molecule has 6 heteroatoms. The van der Waals surface area contributed by atoms with Gasteiger partial charge in [-0.3, -0.25) is 0 Å². The largest absolute Gasteiger partial charge is 0.375 e. The van der Waals surface area contributed by atoms with Gasteiger partial charge in [-0.1, -0.05) is 19.0 Å². The zero-order chi connectivity index (χ0) is 11.5. The molecule has 0 aromatic carbocycles. The van der Waals surface area contributed by atoms with E-state index in [1.807, 2.05) is 5.38 Å². The molecule has 0 fully saturated rings. The molecule has 1 atom stereocenters. The number of nitrogens with zero attached hydrogens (tertiary/aromatic N) is 3. The lowest BCUT2D eigenvalue weighted by atomic mass is 10.1. The standard InChI is InChI=1S/C10H14N4OS/c1-3-6(2)9-13-8(15-14-9)4-7-5-16-10(11)12-7/h5-6H,3-4H2,1-2H3,(H2,11,12). The topological polar surface area (TPSA) is 77.8 Å². The Morgan fingerprint density at radius 1 is 1.50 bits per heavy atom. The zero-order valence-corrected chi connectivity index (χ0v) is 10.1. The van der Waals surface area contributed by atoms with Crippen molar-refractivity contribution in [2.24, 2.45) is 0 Å². The van der Waals surface area contributed by atoms with Gasteiger partial charge in [0.05, 0.1) is 12.1 Å². The van der Waals surface area contributed by atoms with E-state index in [4.69, 9.17) is 10.3 Å². The first-order valence-electron chi connectivity index (χ1n) is 5.21. The SMILES string of the molecule is CCC(C)c1noc(Cc2csc(N)n2)n1. The summed E-state index contributed by atoms with van der Waals surface area (Å²) in [7, 11) is 0. The lowest BCUT2D eigenvalue weighted by Gasteiger charge is -1.98. The molecule has 0 bridgehead atoms. The van der Waals surface area contributed by atoms with Gasteiger partial charge in [0, 0.05) is 11.3 Å². The average molecular weight is 238 g/mol. The summed E-state index contributed by atoms with van der Waals surface area (Å²) in [6.07, 6.45) is 1.56. The van der Waals surface area contributed by atoms with Crippen LogP contribution < -0.4 is 5.73 Å². The highest BCUT2D eigenvalue weighted by Crippen LogP contribution is 2.17. The predicted octanol–water partition coefficient (Wildman–Crippen LogP) is 2.21. The average Bonchev–Trinajstić information content (AvgIpc) is 2.87. The second-order valence-electron chi connectivity index (χ2n) is 3.71. The van der Waals surface area contributed by atoms with Gasteiger partial charge < -0.3 is 10.3 Å². The van der Waals surface area contributed by atoms with Crippen molar-refractivity contribution >= 4 is 16.5 Å².